The third-order valence-corrected chi connectivity index (χ3v) is 1.49. The molecule has 0 saturated carbocycles. The minimum atomic E-state index is -1.14. The molecule has 1 heterocycles. The average molecular weight is 199 g/mol. The van der Waals surface area contributed by atoms with Gasteiger partial charge in [0, 0.05) is 11.1 Å². The van der Waals surface area contributed by atoms with Crippen LogP contribution in [0.2, 0.25) is 5.02 Å². The number of aromatic carboxylic acids is 1. The fourth-order valence-electron chi connectivity index (χ4n) is 0.664. The van der Waals surface area contributed by atoms with Crippen molar-refractivity contribution in [2.45, 2.75) is 0 Å². The Bertz CT molecular complexity index is 400. The average Bonchev–Trinajstić information content (AvgIpc) is 2.08. The third kappa shape index (κ3) is 2.08. The summed E-state index contributed by atoms with van der Waals surface area (Å²) in [5.74, 6) is -1.17. The number of nitrogens with zero attached hydrogens (tertiary/aromatic N) is 4. The molecule has 0 aromatic carbocycles. The first kappa shape index (κ1) is 9.31. The van der Waals surface area contributed by atoms with Crippen molar-refractivity contribution in [2.75, 3.05) is 0 Å². The minimum absolute atomic E-state index is 0.0118. The summed E-state index contributed by atoms with van der Waals surface area (Å²) in [4.78, 5) is 16.4. The van der Waals surface area contributed by atoms with E-state index < -0.39 is 5.97 Å². The van der Waals surface area contributed by atoms with Gasteiger partial charge in [0.25, 0.3) is 0 Å². The van der Waals surface area contributed by atoms with Gasteiger partial charge in [-0.3, -0.25) is 4.98 Å². The van der Waals surface area contributed by atoms with Crippen molar-refractivity contribution < 1.29 is 9.90 Å². The highest BCUT2D eigenvalue weighted by atomic mass is 35.5. The maximum atomic E-state index is 10.4. The van der Waals surface area contributed by atoms with Gasteiger partial charge in [0.2, 0.25) is 0 Å². The molecule has 0 fully saturated rings. The highest BCUT2D eigenvalue weighted by Gasteiger charge is 2.06. The van der Waals surface area contributed by atoms with E-state index in [2.05, 4.69) is 15.0 Å². The van der Waals surface area contributed by atoms with Gasteiger partial charge in [0.15, 0.2) is 0 Å². The molecule has 7 heteroatoms. The second kappa shape index (κ2) is 3.75. The fraction of sp³-hybridized carbons (Fsp3) is 0. The van der Waals surface area contributed by atoms with E-state index in [0.29, 0.717) is 0 Å². The predicted octanol–water partition coefficient (Wildman–Crippen LogP) is 2.38. The quantitative estimate of drug-likeness (QED) is 0.449. The van der Waals surface area contributed by atoms with E-state index in [9.17, 15) is 4.79 Å². The molecule has 0 spiro atoms. The van der Waals surface area contributed by atoms with Gasteiger partial charge in [0.05, 0.1) is 10.6 Å². The lowest BCUT2D eigenvalue weighted by Crippen LogP contribution is -1.96. The molecule has 0 unspecified atom stereocenters. The second-order valence-corrected chi connectivity index (χ2v) is 2.43. The molecule has 0 amide bonds. The second-order valence-electron chi connectivity index (χ2n) is 2.02. The largest absolute Gasteiger partial charge is 0.478 e. The van der Waals surface area contributed by atoms with Crippen molar-refractivity contribution >= 4 is 23.4 Å². The number of carboxylic acid groups (broad SMARTS) is 1. The summed E-state index contributed by atoms with van der Waals surface area (Å²) < 4.78 is 0. The Morgan fingerprint density at radius 3 is 2.92 bits per heavy atom. The molecule has 1 aromatic rings. The van der Waals surface area contributed by atoms with Crippen LogP contribution in [0.1, 0.15) is 10.4 Å². The van der Waals surface area contributed by atoms with E-state index in [4.69, 9.17) is 22.2 Å². The van der Waals surface area contributed by atoms with Crippen LogP contribution in [0, 0.1) is 0 Å². The van der Waals surface area contributed by atoms with Crippen molar-refractivity contribution in [1.82, 2.24) is 4.98 Å². The molecule has 1 rings (SSSR count). The predicted molar refractivity (Wildman–Crippen MR) is 45.0 cm³/mol. The molecule has 0 bridgehead atoms. The Morgan fingerprint density at radius 1 is 1.77 bits per heavy atom. The number of rotatable bonds is 2. The van der Waals surface area contributed by atoms with Gasteiger partial charge in [-0.15, -0.1) is 0 Å². The van der Waals surface area contributed by atoms with Crippen molar-refractivity contribution in [1.29, 1.82) is 0 Å². The Labute approximate surface area is 77.4 Å². The third-order valence-electron chi connectivity index (χ3n) is 1.21. The zero-order chi connectivity index (χ0) is 9.84. The molecule has 0 aliphatic carbocycles. The molecule has 0 atom stereocenters. The van der Waals surface area contributed by atoms with Gasteiger partial charge in [0.1, 0.15) is 5.82 Å². The normalized spacial score (nSPS) is 9.00. The zero-order valence-corrected chi connectivity index (χ0v) is 6.93. The fourth-order valence-corrected chi connectivity index (χ4v) is 0.868. The van der Waals surface area contributed by atoms with Crippen LogP contribution in [-0.4, -0.2) is 16.1 Å². The lowest BCUT2D eigenvalue weighted by Gasteiger charge is -1.96. The smallest absolute Gasteiger partial charge is 0.337 e. The first-order valence-electron chi connectivity index (χ1n) is 3.09. The maximum absolute atomic E-state index is 10.4. The van der Waals surface area contributed by atoms with Crippen LogP contribution in [0.3, 0.4) is 0 Å². The molecule has 0 aliphatic rings. The summed E-state index contributed by atoms with van der Waals surface area (Å²) in [5.41, 5.74) is 8.01. The topological polar surface area (TPSA) is 99.0 Å². The van der Waals surface area contributed by atoms with Gasteiger partial charge in [-0.05, 0) is 16.7 Å². The SMILES string of the molecule is [N-]=[N+]=Nc1ncc(C(=O)O)cc1Cl. The van der Waals surface area contributed by atoms with Crippen molar-refractivity contribution in [3.63, 3.8) is 0 Å². The number of hydrogen-bond acceptors (Lipinski definition) is 3. The molecule has 0 saturated heterocycles. The summed E-state index contributed by atoms with van der Waals surface area (Å²) in [6.07, 6.45) is 1.07. The minimum Gasteiger partial charge on any atom is -0.478 e. The van der Waals surface area contributed by atoms with Crippen LogP contribution in [0.15, 0.2) is 17.4 Å². The molecule has 13 heavy (non-hydrogen) atoms. The van der Waals surface area contributed by atoms with Gasteiger partial charge >= 0.3 is 5.97 Å². The van der Waals surface area contributed by atoms with E-state index in [1.54, 1.807) is 0 Å². The van der Waals surface area contributed by atoms with E-state index >= 15 is 0 Å². The number of carbonyl (C=O) groups is 1. The zero-order valence-electron chi connectivity index (χ0n) is 6.18. The lowest BCUT2D eigenvalue weighted by atomic mass is 10.3. The molecular weight excluding hydrogens is 196 g/mol. The van der Waals surface area contributed by atoms with E-state index in [1.165, 1.54) is 6.07 Å². The van der Waals surface area contributed by atoms with E-state index in [1.807, 2.05) is 0 Å². The summed E-state index contributed by atoms with van der Waals surface area (Å²) in [5, 5.41) is 11.7. The number of pyridine rings is 1. The molecule has 6 nitrogen and oxygen atoms in total. The maximum Gasteiger partial charge on any atom is 0.337 e. The Balaban J connectivity index is 3.19. The van der Waals surface area contributed by atoms with Gasteiger partial charge in [-0.25, -0.2) is 4.79 Å². The standard InChI is InChI=1S/C6H3ClN4O2/c7-4-1-3(6(12)13)2-9-5(4)10-11-8/h1-2H,(H,12,13). The van der Waals surface area contributed by atoms with Crippen molar-refractivity contribution in [3.05, 3.63) is 33.3 Å². The van der Waals surface area contributed by atoms with Crippen molar-refractivity contribution in [2.24, 2.45) is 5.11 Å². The Kier molecular flexibility index (Phi) is 2.69. The number of azide groups is 1. The molecular formula is C6H3ClN4O2. The van der Waals surface area contributed by atoms with Gasteiger partial charge in [-0.1, -0.05) is 11.6 Å². The molecule has 1 aromatic heterocycles. The van der Waals surface area contributed by atoms with Crippen LogP contribution in [0.4, 0.5) is 5.82 Å². The van der Waals surface area contributed by atoms with Gasteiger partial charge in [-0.2, -0.15) is 0 Å². The first-order valence-corrected chi connectivity index (χ1v) is 3.47. The van der Waals surface area contributed by atoms with Crippen LogP contribution >= 0.6 is 11.6 Å². The number of hydrogen-bond donors (Lipinski definition) is 1. The van der Waals surface area contributed by atoms with E-state index in [-0.39, 0.29) is 16.4 Å². The molecule has 0 aliphatic heterocycles. The first-order chi connectivity index (χ1) is 6.15. The monoisotopic (exact) mass is 198 g/mol. The Morgan fingerprint density at radius 2 is 2.46 bits per heavy atom. The lowest BCUT2D eigenvalue weighted by molar-refractivity contribution is 0.0696. The highest BCUT2D eigenvalue weighted by Crippen LogP contribution is 2.22. The molecule has 0 radical (unpaired) electrons. The van der Waals surface area contributed by atoms with Gasteiger partial charge < -0.3 is 5.11 Å². The van der Waals surface area contributed by atoms with E-state index in [0.717, 1.165) is 6.20 Å². The number of aromatic nitrogens is 1. The van der Waals surface area contributed by atoms with Crippen LogP contribution < -0.4 is 0 Å². The highest BCUT2D eigenvalue weighted by molar-refractivity contribution is 6.33. The van der Waals surface area contributed by atoms with Crippen LogP contribution in [0.25, 0.3) is 10.4 Å². The van der Waals surface area contributed by atoms with Crippen LogP contribution in [-0.2, 0) is 0 Å². The summed E-state index contributed by atoms with van der Waals surface area (Å²) >= 11 is 5.56. The molecule has 66 valence electrons. The molecule has 1 N–H and O–H groups in total. The summed E-state index contributed by atoms with van der Waals surface area (Å²) in [7, 11) is 0. The summed E-state index contributed by atoms with van der Waals surface area (Å²) in [6.45, 7) is 0. The Hall–Kier alpha value is -1.78. The number of halogens is 1. The van der Waals surface area contributed by atoms with Crippen molar-refractivity contribution in [3.8, 4) is 0 Å². The summed E-state index contributed by atoms with van der Waals surface area (Å²) in [6, 6.07) is 1.17. The van der Waals surface area contributed by atoms with Crippen LogP contribution in [0.5, 0.6) is 0 Å². The number of carboxylic acids is 1.